The van der Waals surface area contributed by atoms with Crippen LogP contribution in [-0.4, -0.2) is 23.6 Å². The third kappa shape index (κ3) is 6.75. The van der Waals surface area contributed by atoms with Gasteiger partial charge in [-0.15, -0.1) is 0 Å². The molecule has 6 nitrogen and oxygen atoms in total. The molecule has 0 aromatic carbocycles. The SMILES string of the molecule is CC(=O)NOCCC(=O)NO. The molecule has 2 amide bonds. The van der Waals surface area contributed by atoms with E-state index < -0.39 is 5.91 Å². The maximum atomic E-state index is 10.3. The molecule has 0 aliphatic rings. The zero-order chi connectivity index (χ0) is 8.69. The van der Waals surface area contributed by atoms with Crippen LogP contribution in [0.5, 0.6) is 0 Å². The summed E-state index contributed by atoms with van der Waals surface area (Å²) in [6.45, 7) is 1.32. The van der Waals surface area contributed by atoms with Crippen molar-refractivity contribution in [1.29, 1.82) is 0 Å². The van der Waals surface area contributed by atoms with E-state index in [1.165, 1.54) is 12.4 Å². The first-order chi connectivity index (χ1) is 5.16. The van der Waals surface area contributed by atoms with Crippen molar-refractivity contribution in [2.24, 2.45) is 0 Å². The normalized spacial score (nSPS) is 8.91. The second kappa shape index (κ2) is 5.63. The first-order valence-electron chi connectivity index (χ1n) is 2.98. The predicted octanol–water partition coefficient (Wildman–Crippen LogP) is -1.05. The van der Waals surface area contributed by atoms with E-state index in [2.05, 4.69) is 4.84 Å². The van der Waals surface area contributed by atoms with Gasteiger partial charge < -0.3 is 0 Å². The topological polar surface area (TPSA) is 87.7 Å². The average Bonchev–Trinajstić information content (AvgIpc) is 1.97. The van der Waals surface area contributed by atoms with Crippen LogP contribution in [0, 0.1) is 0 Å². The number of hydroxylamine groups is 2. The molecule has 0 fully saturated rings. The van der Waals surface area contributed by atoms with E-state index in [4.69, 9.17) is 5.21 Å². The van der Waals surface area contributed by atoms with E-state index in [1.807, 2.05) is 5.48 Å². The Morgan fingerprint density at radius 3 is 2.64 bits per heavy atom. The van der Waals surface area contributed by atoms with Gasteiger partial charge in [-0.2, -0.15) is 0 Å². The highest BCUT2D eigenvalue weighted by Gasteiger charge is 1.98. The summed E-state index contributed by atoms with van der Waals surface area (Å²) in [5, 5.41) is 8.00. The molecular formula is C5H10N2O4. The molecule has 0 heterocycles. The van der Waals surface area contributed by atoms with Crippen LogP contribution in [0.15, 0.2) is 0 Å². The lowest BCUT2D eigenvalue weighted by molar-refractivity contribution is -0.136. The van der Waals surface area contributed by atoms with Crippen LogP contribution in [0.2, 0.25) is 0 Å². The fourth-order valence-electron chi connectivity index (χ4n) is 0.352. The number of carbonyl (C=O) groups excluding carboxylic acids is 2. The van der Waals surface area contributed by atoms with Gasteiger partial charge in [0.05, 0.1) is 13.0 Å². The Hall–Kier alpha value is -1.14. The molecule has 0 aromatic rings. The molecule has 0 spiro atoms. The van der Waals surface area contributed by atoms with Gasteiger partial charge in [-0.05, 0) is 0 Å². The molecule has 0 aliphatic heterocycles. The van der Waals surface area contributed by atoms with E-state index in [-0.39, 0.29) is 18.9 Å². The average molecular weight is 162 g/mol. The van der Waals surface area contributed by atoms with Crippen molar-refractivity contribution in [2.45, 2.75) is 13.3 Å². The largest absolute Gasteiger partial charge is 0.289 e. The van der Waals surface area contributed by atoms with Crippen LogP contribution in [0.4, 0.5) is 0 Å². The Kier molecular flexibility index (Phi) is 5.05. The minimum atomic E-state index is -0.560. The van der Waals surface area contributed by atoms with Crippen molar-refractivity contribution in [3.05, 3.63) is 0 Å². The van der Waals surface area contributed by atoms with Gasteiger partial charge in [0.15, 0.2) is 0 Å². The molecule has 6 heteroatoms. The molecule has 0 bridgehead atoms. The number of carbonyl (C=O) groups is 2. The van der Waals surface area contributed by atoms with Gasteiger partial charge in [0.25, 0.3) is 0 Å². The highest BCUT2D eigenvalue weighted by Crippen LogP contribution is 1.78. The maximum absolute atomic E-state index is 10.3. The van der Waals surface area contributed by atoms with Crippen molar-refractivity contribution in [3.8, 4) is 0 Å². The fraction of sp³-hybridized carbons (Fsp3) is 0.600. The number of amides is 2. The van der Waals surface area contributed by atoms with E-state index >= 15 is 0 Å². The zero-order valence-corrected chi connectivity index (χ0v) is 6.09. The second-order valence-electron chi connectivity index (χ2n) is 1.79. The summed E-state index contributed by atoms with van der Waals surface area (Å²) in [7, 11) is 0. The van der Waals surface area contributed by atoms with E-state index in [0.29, 0.717) is 0 Å². The van der Waals surface area contributed by atoms with Gasteiger partial charge >= 0.3 is 0 Å². The van der Waals surface area contributed by atoms with E-state index in [0.717, 1.165) is 0 Å². The lowest BCUT2D eigenvalue weighted by Gasteiger charge is -2.00. The molecule has 0 aliphatic carbocycles. The standard InChI is InChI=1S/C5H10N2O4/c1-4(8)7-11-3-2-5(9)6-10/h10H,2-3H2,1H3,(H,6,9)(H,7,8). The number of hydrogen-bond donors (Lipinski definition) is 3. The smallest absolute Gasteiger partial charge is 0.245 e. The monoisotopic (exact) mass is 162 g/mol. The second-order valence-corrected chi connectivity index (χ2v) is 1.79. The third-order valence-electron chi connectivity index (χ3n) is 0.772. The zero-order valence-electron chi connectivity index (χ0n) is 6.09. The summed E-state index contributed by atoms with van der Waals surface area (Å²) in [4.78, 5) is 25.0. The molecule has 0 aromatic heterocycles. The molecule has 0 saturated carbocycles. The summed E-state index contributed by atoms with van der Waals surface area (Å²) in [5.74, 6) is -0.898. The van der Waals surface area contributed by atoms with Crippen molar-refractivity contribution >= 4 is 11.8 Å². The van der Waals surface area contributed by atoms with Gasteiger partial charge in [0.1, 0.15) is 0 Å². The van der Waals surface area contributed by atoms with Gasteiger partial charge in [-0.25, -0.2) is 11.0 Å². The molecule has 0 radical (unpaired) electrons. The molecule has 11 heavy (non-hydrogen) atoms. The Labute approximate surface area is 63.4 Å². The summed E-state index contributed by atoms with van der Waals surface area (Å²) >= 11 is 0. The van der Waals surface area contributed by atoms with E-state index in [9.17, 15) is 9.59 Å². The van der Waals surface area contributed by atoms with Crippen molar-refractivity contribution < 1.29 is 19.6 Å². The van der Waals surface area contributed by atoms with Crippen LogP contribution in [-0.2, 0) is 14.4 Å². The molecule has 0 saturated heterocycles. The quantitative estimate of drug-likeness (QED) is 0.279. The van der Waals surface area contributed by atoms with Crippen LogP contribution >= 0.6 is 0 Å². The summed E-state index contributed by atoms with van der Waals surface area (Å²) in [5.41, 5.74) is 3.45. The van der Waals surface area contributed by atoms with Crippen LogP contribution in [0.3, 0.4) is 0 Å². The third-order valence-corrected chi connectivity index (χ3v) is 0.772. The molecule has 3 N–H and O–H groups in total. The molecule has 64 valence electrons. The maximum Gasteiger partial charge on any atom is 0.245 e. The Balaban J connectivity index is 3.14. The van der Waals surface area contributed by atoms with Crippen molar-refractivity contribution in [3.63, 3.8) is 0 Å². The number of nitrogens with one attached hydrogen (secondary N) is 2. The molecule has 0 unspecified atom stereocenters. The summed E-state index contributed by atoms with van der Waals surface area (Å²) < 4.78 is 0. The van der Waals surface area contributed by atoms with Gasteiger partial charge in [-0.1, -0.05) is 0 Å². The number of rotatable bonds is 4. The molecular weight excluding hydrogens is 152 g/mol. The number of hydrogen-bond acceptors (Lipinski definition) is 4. The summed E-state index contributed by atoms with van der Waals surface area (Å²) in [6, 6.07) is 0. The Morgan fingerprint density at radius 2 is 2.18 bits per heavy atom. The van der Waals surface area contributed by atoms with E-state index in [1.54, 1.807) is 0 Å². The first-order valence-corrected chi connectivity index (χ1v) is 2.98. The van der Waals surface area contributed by atoms with Crippen molar-refractivity contribution in [2.75, 3.05) is 6.61 Å². The van der Waals surface area contributed by atoms with Crippen molar-refractivity contribution in [1.82, 2.24) is 11.0 Å². The first kappa shape index (κ1) is 9.86. The predicted molar refractivity (Wildman–Crippen MR) is 34.3 cm³/mol. The van der Waals surface area contributed by atoms with Gasteiger partial charge in [0, 0.05) is 6.92 Å². The highest BCUT2D eigenvalue weighted by molar-refractivity contribution is 5.74. The van der Waals surface area contributed by atoms with Gasteiger partial charge in [-0.3, -0.25) is 19.6 Å². The fourth-order valence-corrected chi connectivity index (χ4v) is 0.352. The minimum Gasteiger partial charge on any atom is -0.289 e. The van der Waals surface area contributed by atoms with Gasteiger partial charge in [0.2, 0.25) is 11.8 Å². The Morgan fingerprint density at radius 1 is 1.55 bits per heavy atom. The molecule has 0 rings (SSSR count). The lowest BCUT2D eigenvalue weighted by atomic mass is 10.4. The van der Waals surface area contributed by atoms with Crippen LogP contribution in [0.25, 0.3) is 0 Å². The molecule has 0 atom stereocenters. The lowest BCUT2D eigenvalue weighted by Crippen LogP contribution is -2.25. The van der Waals surface area contributed by atoms with Crippen LogP contribution in [0.1, 0.15) is 13.3 Å². The minimum absolute atomic E-state index is 0.00319. The summed E-state index contributed by atoms with van der Waals surface area (Å²) in [6.07, 6.45) is -0.00319. The Bertz CT molecular complexity index is 147. The highest BCUT2D eigenvalue weighted by atomic mass is 16.6. The van der Waals surface area contributed by atoms with Crippen LogP contribution < -0.4 is 11.0 Å².